The minimum absolute atomic E-state index is 0.239. The summed E-state index contributed by atoms with van der Waals surface area (Å²) < 4.78 is 28.1. The number of nitrogens with one attached hydrogen (secondary N) is 1. The zero-order valence-corrected chi connectivity index (χ0v) is 20.4. The number of amides is 1. The first kappa shape index (κ1) is 23.9. The number of hydrogen-bond acceptors (Lipinski definition) is 4. The maximum atomic E-state index is 13.3. The highest BCUT2D eigenvalue weighted by Crippen LogP contribution is 2.24. The Labute approximate surface area is 198 Å². The molecule has 2 aromatic rings. The highest BCUT2D eigenvalue weighted by Gasteiger charge is 2.27. The molecule has 33 heavy (non-hydrogen) atoms. The molecule has 0 aliphatic carbocycles. The predicted octanol–water partition coefficient (Wildman–Crippen LogP) is 4.09. The normalized spacial score (nSPS) is 18.2. The molecule has 2 heterocycles. The Morgan fingerprint density at radius 1 is 0.848 bits per heavy atom. The molecule has 0 atom stereocenters. The molecule has 7 heteroatoms. The average Bonchev–Trinajstić information content (AvgIpc) is 3.16. The fourth-order valence-corrected chi connectivity index (χ4v) is 6.45. The van der Waals surface area contributed by atoms with Crippen molar-refractivity contribution in [1.82, 2.24) is 14.5 Å². The van der Waals surface area contributed by atoms with Crippen LogP contribution in [0.4, 0.5) is 0 Å². The highest BCUT2D eigenvalue weighted by molar-refractivity contribution is 7.89. The first-order chi connectivity index (χ1) is 15.9. The van der Waals surface area contributed by atoms with Gasteiger partial charge in [0.05, 0.1) is 4.90 Å². The smallest absolute Gasteiger partial charge is 0.251 e. The fraction of sp³-hybridized carbons (Fsp3) is 0.500. The van der Waals surface area contributed by atoms with Gasteiger partial charge < -0.3 is 5.32 Å². The summed E-state index contributed by atoms with van der Waals surface area (Å²) in [5.74, 6) is -0.261. The molecule has 6 nitrogen and oxygen atoms in total. The summed E-state index contributed by atoms with van der Waals surface area (Å²) in [5.41, 5.74) is 3.36. The number of nitrogens with zero attached hydrogens (tertiary/aromatic N) is 2. The molecule has 0 bridgehead atoms. The number of rotatable bonds is 7. The minimum Gasteiger partial charge on any atom is -0.348 e. The largest absolute Gasteiger partial charge is 0.348 e. The van der Waals surface area contributed by atoms with Gasteiger partial charge in [0.25, 0.3) is 5.91 Å². The Balaban J connectivity index is 1.40. The lowest BCUT2D eigenvalue weighted by molar-refractivity contribution is 0.0950. The number of benzene rings is 2. The summed E-state index contributed by atoms with van der Waals surface area (Å²) in [4.78, 5) is 15.5. The lowest BCUT2D eigenvalue weighted by Crippen LogP contribution is -2.32. The van der Waals surface area contributed by atoms with Crippen molar-refractivity contribution in [3.05, 3.63) is 64.7 Å². The Morgan fingerprint density at radius 2 is 1.45 bits per heavy atom. The van der Waals surface area contributed by atoms with Crippen LogP contribution < -0.4 is 5.32 Å². The van der Waals surface area contributed by atoms with E-state index < -0.39 is 10.0 Å². The summed E-state index contributed by atoms with van der Waals surface area (Å²) in [5, 5.41) is 2.94. The number of likely N-dealkylation sites (tertiary alicyclic amines) is 1. The van der Waals surface area contributed by atoms with E-state index in [9.17, 15) is 13.2 Å². The predicted molar refractivity (Wildman–Crippen MR) is 131 cm³/mol. The van der Waals surface area contributed by atoms with Crippen molar-refractivity contribution in [3.8, 4) is 0 Å². The van der Waals surface area contributed by atoms with Crippen molar-refractivity contribution in [2.75, 3.05) is 26.2 Å². The fourth-order valence-electron chi connectivity index (χ4n) is 4.69. The Hall–Kier alpha value is -2.22. The van der Waals surface area contributed by atoms with Gasteiger partial charge in [-0.3, -0.25) is 9.69 Å². The van der Waals surface area contributed by atoms with E-state index in [0.717, 1.165) is 37.8 Å². The summed E-state index contributed by atoms with van der Waals surface area (Å²) >= 11 is 0. The standard InChI is InChI=1S/C26H35N3O3S/c1-21-8-13-24(18-25(21)33(31,32)29-16-4-2-3-5-17-29)26(30)27-19-22-9-11-23(12-10-22)20-28-14-6-7-15-28/h8-13,18H,2-7,14-17,19-20H2,1H3,(H,27,30). The summed E-state index contributed by atoms with van der Waals surface area (Å²) in [6.07, 6.45) is 6.46. The molecule has 1 amide bonds. The zero-order valence-electron chi connectivity index (χ0n) is 19.6. The first-order valence-electron chi connectivity index (χ1n) is 12.1. The summed E-state index contributed by atoms with van der Waals surface area (Å²) in [6, 6.07) is 13.3. The average molecular weight is 470 g/mol. The van der Waals surface area contributed by atoms with Crippen LogP contribution in [0.1, 0.15) is 65.6 Å². The molecule has 2 aliphatic rings. The lowest BCUT2D eigenvalue weighted by Gasteiger charge is -2.21. The third-order valence-corrected chi connectivity index (χ3v) is 8.75. The SMILES string of the molecule is Cc1ccc(C(=O)NCc2ccc(CN3CCCC3)cc2)cc1S(=O)(=O)N1CCCCCC1. The molecule has 0 unspecified atom stereocenters. The highest BCUT2D eigenvalue weighted by atomic mass is 32.2. The first-order valence-corrected chi connectivity index (χ1v) is 13.6. The van der Waals surface area contributed by atoms with Crippen molar-refractivity contribution in [2.24, 2.45) is 0 Å². The second-order valence-corrected chi connectivity index (χ2v) is 11.2. The maximum Gasteiger partial charge on any atom is 0.251 e. The quantitative estimate of drug-likeness (QED) is 0.663. The molecule has 0 radical (unpaired) electrons. The minimum atomic E-state index is -3.60. The molecule has 2 fully saturated rings. The molecule has 1 N–H and O–H groups in total. The second-order valence-electron chi connectivity index (χ2n) is 9.28. The molecular formula is C26H35N3O3S. The van der Waals surface area contributed by atoms with Gasteiger partial charge in [0.1, 0.15) is 0 Å². The lowest BCUT2D eigenvalue weighted by atomic mass is 10.1. The Morgan fingerprint density at radius 3 is 2.12 bits per heavy atom. The Bertz CT molecular complexity index is 1050. The van der Waals surface area contributed by atoms with Crippen LogP contribution in [0.25, 0.3) is 0 Å². The number of aryl methyl sites for hydroxylation is 1. The molecule has 0 aromatic heterocycles. The van der Waals surface area contributed by atoms with Crippen molar-refractivity contribution >= 4 is 15.9 Å². The molecular weight excluding hydrogens is 434 g/mol. The van der Waals surface area contributed by atoms with Gasteiger partial charge in [-0.2, -0.15) is 4.31 Å². The molecule has 2 saturated heterocycles. The van der Waals surface area contributed by atoms with Crippen LogP contribution in [0.5, 0.6) is 0 Å². The van der Waals surface area contributed by atoms with Crippen LogP contribution in [-0.4, -0.2) is 49.7 Å². The van der Waals surface area contributed by atoms with Crippen LogP contribution in [0.15, 0.2) is 47.4 Å². The van der Waals surface area contributed by atoms with Crippen LogP contribution >= 0.6 is 0 Å². The molecule has 2 aromatic carbocycles. The molecule has 0 spiro atoms. The van der Waals surface area contributed by atoms with Crippen molar-refractivity contribution < 1.29 is 13.2 Å². The molecule has 178 valence electrons. The van der Waals surface area contributed by atoms with E-state index in [1.807, 2.05) is 0 Å². The topological polar surface area (TPSA) is 69.7 Å². The second kappa shape index (κ2) is 10.8. The number of sulfonamides is 1. The van der Waals surface area contributed by atoms with Gasteiger partial charge in [-0.05, 0) is 74.5 Å². The van der Waals surface area contributed by atoms with E-state index in [0.29, 0.717) is 30.8 Å². The van der Waals surface area contributed by atoms with Crippen LogP contribution in [0, 0.1) is 6.92 Å². The van der Waals surface area contributed by atoms with Crippen LogP contribution in [0.3, 0.4) is 0 Å². The third-order valence-electron chi connectivity index (χ3n) is 6.71. The van der Waals surface area contributed by atoms with Gasteiger partial charge in [0.15, 0.2) is 0 Å². The van der Waals surface area contributed by atoms with Gasteiger partial charge in [0.2, 0.25) is 10.0 Å². The van der Waals surface area contributed by atoms with Gasteiger partial charge >= 0.3 is 0 Å². The van der Waals surface area contributed by atoms with Gasteiger partial charge in [-0.25, -0.2) is 8.42 Å². The van der Waals surface area contributed by atoms with Crippen LogP contribution in [0.2, 0.25) is 0 Å². The monoisotopic (exact) mass is 469 g/mol. The van der Waals surface area contributed by atoms with Gasteiger partial charge in [-0.15, -0.1) is 0 Å². The van der Waals surface area contributed by atoms with E-state index in [4.69, 9.17) is 0 Å². The van der Waals surface area contributed by atoms with Gasteiger partial charge in [-0.1, -0.05) is 43.2 Å². The van der Waals surface area contributed by atoms with E-state index in [2.05, 4.69) is 34.5 Å². The molecule has 4 rings (SSSR count). The van der Waals surface area contributed by atoms with E-state index >= 15 is 0 Å². The number of carbonyl (C=O) groups is 1. The summed E-state index contributed by atoms with van der Waals surface area (Å²) in [7, 11) is -3.60. The third kappa shape index (κ3) is 6.02. The van der Waals surface area contributed by atoms with Crippen molar-refractivity contribution in [3.63, 3.8) is 0 Å². The maximum absolute atomic E-state index is 13.3. The summed E-state index contributed by atoms with van der Waals surface area (Å²) in [6.45, 7) is 6.61. The van der Waals surface area contributed by atoms with Crippen molar-refractivity contribution in [1.29, 1.82) is 0 Å². The Kier molecular flexibility index (Phi) is 7.83. The molecule has 2 aliphatic heterocycles. The number of carbonyl (C=O) groups excluding carboxylic acids is 1. The van der Waals surface area contributed by atoms with Crippen molar-refractivity contribution in [2.45, 2.75) is 63.4 Å². The van der Waals surface area contributed by atoms with Crippen LogP contribution in [-0.2, 0) is 23.1 Å². The zero-order chi connectivity index (χ0) is 23.3. The number of hydrogen-bond donors (Lipinski definition) is 1. The molecule has 0 saturated carbocycles. The van der Waals surface area contributed by atoms with Gasteiger partial charge in [0, 0.05) is 31.7 Å². The van der Waals surface area contributed by atoms with E-state index in [1.165, 1.54) is 37.6 Å². The van der Waals surface area contributed by atoms with E-state index in [1.54, 1.807) is 23.4 Å². The van der Waals surface area contributed by atoms with E-state index in [-0.39, 0.29) is 10.8 Å².